The van der Waals surface area contributed by atoms with Gasteiger partial charge in [-0.05, 0) is 48.4 Å². The van der Waals surface area contributed by atoms with Gasteiger partial charge < -0.3 is 5.73 Å². The molecule has 2 rings (SSSR count). The average molecular weight is 375 g/mol. The lowest BCUT2D eigenvalue weighted by molar-refractivity contribution is 0.240. The van der Waals surface area contributed by atoms with Gasteiger partial charge in [-0.1, -0.05) is 58.0 Å². The van der Waals surface area contributed by atoms with E-state index in [2.05, 4.69) is 57.0 Å². The summed E-state index contributed by atoms with van der Waals surface area (Å²) >= 11 is 7.08. The van der Waals surface area contributed by atoms with E-state index in [4.69, 9.17) is 5.73 Å². The van der Waals surface area contributed by atoms with Crippen LogP contribution < -0.4 is 5.73 Å². The lowest BCUT2D eigenvalue weighted by Gasteiger charge is -2.32. The summed E-state index contributed by atoms with van der Waals surface area (Å²) < 4.78 is 2.20. The Morgan fingerprint density at radius 2 is 1.67 bits per heavy atom. The van der Waals surface area contributed by atoms with Crippen LogP contribution in [0.15, 0.2) is 27.1 Å². The van der Waals surface area contributed by atoms with Gasteiger partial charge in [0, 0.05) is 15.0 Å². The minimum Gasteiger partial charge on any atom is -0.324 e. The minimum atomic E-state index is 0.177. The second-order valence-corrected chi connectivity index (χ2v) is 7.25. The molecule has 3 heteroatoms. The van der Waals surface area contributed by atoms with Gasteiger partial charge in [-0.2, -0.15) is 0 Å². The molecule has 1 aromatic rings. The molecule has 1 fully saturated rings. The van der Waals surface area contributed by atoms with Gasteiger partial charge >= 0.3 is 0 Å². The van der Waals surface area contributed by atoms with E-state index >= 15 is 0 Å². The highest BCUT2D eigenvalue weighted by atomic mass is 79.9. The third-order valence-corrected chi connectivity index (χ3v) is 5.16. The van der Waals surface area contributed by atoms with Crippen LogP contribution in [0, 0.1) is 11.8 Å². The van der Waals surface area contributed by atoms with Crippen molar-refractivity contribution in [3.05, 3.63) is 32.7 Å². The van der Waals surface area contributed by atoms with Gasteiger partial charge in [-0.15, -0.1) is 0 Å². The van der Waals surface area contributed by atoms with Crippen molar-refractivity contribution >= 4 is 31.9 Å². The molecule has 0 amide bonds. The Labute approximate surface area is 127 Å². The van der Waals surface area contributed by atoms with E-state index in [1.54, 1.807) is 0 Å². The number of rotatable bonds is 3. The number of halogens is 2. The van der Waals surface area contributed by atoms with E-state index in [1.807, 2.05) is 0 Å². The van der Waals surface area contributed by atoms with Crippen molar-refractivity contribution < 1.29 is 0 Å². The second kappa shape index (κ2) is 6.53. The summed E-state index contributed by atoms with van der Waals surface area (Å²) in [5.41, 5.74) is 7.70. The summed E-state index contributed by atoms with van der Waals surface area (Å²) in [6.07, 6.45) is 6.59. The lowest BCUT2D eigenvalue weighted by Crippen LogP contribution is -2.26. The van der Waals surface area contributed by atoms with Crippen LogP contribution in [0.25, 0.3) is 0 Å². The maximum atomic E-state index is 6.45. The molecule has 1 nitrogen and oxygen atoms in total. The van der Waals surface area contributed by atoms with Crippen LogP contribution in [0.5, 0.6) is 0 Å². The van der Waals surface area contributed by atoms with Gasteiger partial charge in [0.2, 0.25) is 0 Å². The average Bonchev–Trinajstić information content (AvgIpc) is 2.37. The van der Waals surface area contributed by atoms with E-state index < -0.39 is 0 Å². The first-order chi connectivity index (χ1) is 8.60. The molecular weight excluding hydrogens is 354 g/mol. The molecule has 0 aromatic heterocycles. The predicted molar refractivity (Wildman–Crippen MR) is 84.5 cm³/mol. The van der Waals surface area contributed by atoms with Gasteiger partial charge in [0.25, 0.3) is 0 Å². The normalized spacial score (nSPS) is 26.0. The van der Waals surface area contributed by atoms with Gasteiger partial charge in [0.15, 0.2) is 0 Å². The van der Waals surface area contributed by atoms with Crippen molar-refractivity contribution in [2.24, 2.45) is 17.6 Å². The molecule has 0 bridgehead atoms. The smallest absolute Gasteiger partial charge is 0.0324 e. The van der Waals surface area contributed by atoms with Gasteiger partial charge in [-0.25, -0.2) is 0 Å². The van der Waals surface area contributed by atoms with Crippen molar-refractivity contribution in [3.8, 4) is 0 Å². The molecule has 0 radical (unpaired) electrons. The van der Waals surface area contributed by atoms with Crippen LogP contribution in [0.4, 0.5) is 0 Å². The molecule has 1 atom stereocenters. The molecule has 0 spiro atoms. The number of hydrogen-bond acceptors (Lipinski definition) is 1. The Morgan fingerprint density at radius 1 is 1.11 bits per heavy atom. The molecule has 1 unspecified atom stereocenters. The highest BCUT2D eigenvalue weighted by molar-refractivity contribution is 9.11. The van der Waals surface area contributed by atoms with Crippen LogP contribution in [-0.4, -0.2) is 0 Å². The fourth-order valence-corrected chi connectivity index (χ4v) is 4.32. The first-order valence-electron chi connectivity index (χ1n) is 6.81. The van der Waals surface area contributed by atoms with E-state index in [-0.39, 0.29) is 6.04 Å². The Morgan fingerprint density at radius 3 is 2.17 bits per heavy atom. The predicted octanol–water partition coefficient (Wildman–Crippen LogP) is 5.43. The number of hydrogen-bond donors (Lipinski definition) is 1. The van der Waals surface area contributed by atoms with Crippen molar-refractivity contribution in [2.75, 3.05) is 0 Å². The highest BCUT2D eigenvalue weighted by Crippen LogP contribution is 2.37. The molecule has 1 aliphatic carbocycles. The van der Waals surface area contributed by atoms with Gasteiger partial charge in [-0.3, -0.25) is 0 Å². The zero-order valence-electron chi connectivity index (χ0n) is 10.8. The van der Waals surface area contributed by atoms with Crippen molar-refractivity contribution in [2.45, 2.75) is 45.1 Å². The fourth-order valence-electron chi connectivity index (χ4n) is 3.00. The van der Waals surface area contributed by atoms with E-state index in [9.17, 15) is 0 Å². The largest absolute Gasteiger partial charge is 0.324 e. The van der Waals surface area contributed by atoms with Crippen molar-refractivity contribution in [3.63, 3.8) is 0 Å². The third kappa shape index (κ3) is 3.58. The SMILES string of the molecule is CCC1CCC(C(N)c2cc(Br)cc(Br)c2)CC1. The van der Waals surface area contributed by atoms with Crippen LogP contribution in [-0.2, 0) is 0 Å². The first kappa shape index (κ1) is 14.5. The molecule has 1 aliphatic rings. The van der Waals surface area contributed by atoms with Gasteiger partial charge in [0.05, 0.1) is 0 Å². The molecule has 0 aliphatic heterocycles. The van der Waals surface area contributed by atoms with Gasteiger partial charge in [0.1, 0.15) is 0 Å². The minimum absolute atomic E-state index is 0.177. The summed E-state index contributed by atoms with van der Waals surface area (Å²) in [6, 6.07) is 6.55. The van der Waals surface area contributed by atoms with Crippen LogP contribution in [0.3, 0.4) is 0 Å². The molecule has 1 saturated carbocycles. The molecule has 100 valence electrons. The molecule has 1 aromatic carbocycles. The zero-order chi connectivity index (χ0) is 13.1. The van der Waals surface area contributed by atoms with Crippen LogP contribution in [0.1, 0.15) is 50.6 Å². The summed E-state index contributed by atoms with van der Waals surface area (Å²) in [4.78, 5) is 0. The Bertz CT molecular complexity index is 377. The Kier molecular flexibility index (Phi) is 5.28. The number of nitrogens with two attached hydrogens (primary N) is 1. The van der Waals surface area contributed by atoms with Crippen LogP contribution >= 0.6 is 31.9 Å². The van der Waals surface area contributed by atoms with E-state index in [1.165, 1.54) is 37.7 Å². The standard InChI is InChI=1S/C15H21Br2N/c1-2-10-3-5-11(6-4-10)15(18)12-7-13(16)9-14(17)8-12/h7-11,15H,2-6,18H2,1H3. The molecule has 18 heavy (non-hydrogen) atoms. The zero-order valence-corrected chi connectivity index (χ0v) is 14.0. The monoisotopic (exact) mass is 373 g/mol. The first-order valence-corrected chi connectivity index (χ1v) is 8.40. The molecule has 2 N–H and O–H groups in total. The van der Waals surface area contributed by atoms with Crippen molar-refractivity contribution in [1.29, 1.82) is 0 Å². The molecule has 0 heterocycles. The lowest BCUT2D eigenvalue weighted by atomic mass is 9.76. The Balaban J connectivity index is 2.05. The molecular formula is C15H21Br2N. The summed E-state index contributed by atoms with van der Waals surface area (Å²) in [5, 5.41) is 0. The maximum Gasteiger partial charge on any atom is 0.0324 e. The fraction of sp³-hybridized carbons (Fsp3) is 0.600. The van der Waals surface area contributed by atoms with Crippen LogP contribution in [0.2, 0.25) is 0 Å². The highest BCUT2D eigenvalue weighted by Gasteiger charge is 2.25. The maximum absolute atomic E-state index is 6.45. The molecule has 0 saturated heterocycles. The second-order valence-electron chi connectivity index (χ2n) is 5.42. The topological polar surface area (TPSA) is 26.0 Å². The van der Waals surface area contributed by atoms with E-state index in [0.717, 1.165) is 14.9 Å². The number of benzene rings is 1. The summed E-state index contributed by atoms with van der Waals surface area (Å²) in [7, 11) is 0. The summed E-state index contributed by atoms with van der Waals surface area (Å²) in [5.74, 6) is 1.58. The van der Waals surface area contributed by atoms with E-state index in [0.29, 0.717) is 5.92 Å². The van der Waals surface area contributed by atoms with Crippen molar-refractivity contribution in [1.82, 2.24) is 0 Å². The quantitative estimate of drug-likeness (QED) is 0.750. The third-order valence-electron chi connectivity index (χ3n) is 4.25. The summed E-state index contributed by atoms with van der Waals surface area (Å²) in [6.45, 7) is 2.30. The Hall–Kier alpha value is 0.140.